The highest BCUT2D eigenvalue weighted by Gasteiger charge is 2.41. The molecule has 1 aromatic carbocycles. The fourth-order valence-corrected chi connectivity index (χ4v) is 2.66. The number of Topliss-reactive ketones (excluding diaryl/α,β-unsaturated/α-hetero) is 1. The molecular weight excluding hydrogens is 310 g/mol. The lowest BCUT2D eigenvalue weighted by molar-refractivity contribution is -0.155. The highest BCUT2D eigenvalue weighted by Crippen LogP contribution is 2.30. The Morgan fingerprint density at radius 3 is 2.33 bits per heavy atom. The summed E-state index contributed by atoms with van der Waals surface area (Å²) in [5, 5.41) is 0. The molecule has 0 N–H and O–H groups in total. The van der Waals surface area contributed by atoms with Crippen molar-refractivity contribution in [2.45, 2.75) is 39.7 Å². The van der Waals surface area contributed by atoms with Gasteiger partial charge >= 0.3 is 5.97 Å². The van der Waals surface area contributed by atoms with Crippen LogP contribution in [0.15, 0.2) is 18.2 Å². The van der Waals surface area contributed by atoms with E-state index in [9.17, 15) is 19.2 Å². The molecule has 128 valence electrons. The lowest BCUT2D eigenvalue weighted by Crippen LogP contribution is -2.43. The average Bonchev–Trinajstić information content (AvgIpc) is 2.82. The largest absolute Gasteiger partial charge is 0.468 e. The van der Waals surface area contributed by atoms with Crippen LogP contribution >= 0.6 is 0 Å². The number of imide groups is 1. The van der Waals surface area contributed by atoms with Gasteiger partial charge in [-0.15, -0.1) is 0 Å². The lowest BCUT2D eigenvalue weighted by Gasteiger charge is -2.19. The predicted molar refractivity (Wildman–Crippen MR) is 86.2 cm³/mol. The van der Waals surface area contributed by atoms with E-state index in [0.29, 0.717) is 11.1 Å². The maximum atomic E-state index is 12.6. The zero-order valence-corrected chi connectivity index (χ0v) is 14.5. The number of nitrogens with zero attached hydrogens (tertiary/aromatic N) is 1. The van der Waals surface area contributed by atoms with Gasteiger partial charge in [0.05, 0.1) is 13.7 Å². The summed E-state index contributed by atoms with van der Waals surface area (Å²) < 4.78 is 4.51. The fourth-order valence-electron chi connectivity index (χ4n) is 2.66. The monoisotopic (exact) mass is 331 g/mol. The Morgan fingerprint density at radius 2 is 1.83 bits per heavy atom. The smallest absolute Gasteiger partial charge is 0.325 e. The molecule has 6 heteroatoms. The first-order chi connectivity index (χ1) is 11.1. The third-order valence-corrected chi connectivity index (χ3v) is 4.14. The minimum atomic E-state index is -1.60. The van der Waals surface area contributed by atoms with E-state index in [1.54, 1.807) is 6.07 Å². The molecule has 1 aromatic rings. The first-order valence-electron chi connectivity index (χ1n) is 7.65. The van der Waals surface area contributed by atoms with E-state index in [1.165, 1.54) is 0 Å². The molecule has 1 aliphatic rings. The summed E-state index contributed by atoms with van der Waals surface area (Å²) in [6.07, 6.45) is 0. The van der Waals surface area contributed by atoms with Gasteiger partial charge in [0.15, 0.2) is 11.7 Å². The highest BCUT2D eigenvalue weighted by atomic mass is 16.5. The molecule has 0 aliphatic carbocycles. The summed E-state index contributed by atoms with van der Waals surface area (Å²) in [5.41, 5.74) is 1.97. The second-order valence-corrected chi connectivity index (χ2v) is 6.92. The SMILES string of the molecule is COC(=O)C(C(C)=O)C(=O)N1Cc2ccc(C(C)(C)C)cc2C1=O. The van der Waals surface area contributed by atoms with Gasteiger partial charge in [-0.3, -0.25) is 24.1 Å². The zero-order chi connectivity index (χ0) is 18.2. The van der Waals surface area contributed by atoms with Gasteiger partial charge in [-0.05, 0) is 29.5 Å². The Bertz CT molecular complexity index is 729. The summed E-state index contributed by atoms with van der Waals surface area (Å²) in [7, 11) is 1.10. The van der Waals surface area contributed by atoms with Gasteiger partial charge in [0, 0.05) is 5.56 Å². The maximum absolute atomic E-state index is 12.6. The van der Waals surface area contributed by atoms with E-state index in [-0.39, 0.29) is 12.0 Å². The van der Waals surface area contributed by atoms with Crippen molar-refractivity contribution in [3.8, 4) is 0 Å². The van der Waals surface area contributed by atoms with Crippen molar-refractivity contribution in [1.82, 2.24) is 4.90 Å². The number of ketones is 1. The third kappa shape index (κ3) is 3.09. The Morgan fingerprint density at radius 1 is 1.21 bits per heavy atom. The molecule has 2 amide bonds. The molecular formula is C18H21NO5. The first-order valence-corrected chi connectivity index (χ1v) is 7.65. The lowest BCUT2D eigenvalue weighted by atomic mass is 9.85. The second kappa shape index (κ2) is 6.19. The third-order valence-electron chi connectivity index (χ3n) is 4.14. The van der Waals surface area contributed by atoms with Crippen molar-refractivity contribution in [2.75, 3.05) is 7.11 Å². The van der Waals surface area contributed by atoms with E-state index in [2.05, 4.69) is 4.74 Å². The molecule has 0 aromatic heterocycles. The predicted octanol–water partition coefficient (Wildman–Crippen LogP) is 1.84. The molecule has 0 radical (unpaired) electrons. The summed E-state index contributed by atoms with van der Waals surface area (Å²) in [6.45, 7) is 7.27. The Hall–Kier alpha value is -2.50. The quantitative estimate of drug-likeness (QED) is 0.624. The van der Waals surface area contributed by atoms with E-state index in [0.717, 1.165) is 24.5 Å². The highest BCUT2D eigenvalue weighted by molar-refractivity contribution is 6.21. The topological polar surface area (TPSA) is 80.8 Å². The van der Waals surface area contributed by atoms with Crippen LogP contribution in [-0.4, -0.2) is 35.6 Å². The van der Waals surface area contributed by atoms with Crippen molar-refractivity contribution in [1.29, 1.82) is 0 Å². The zero-order valence-electron chi connectivity index (χ0n) is 14.5. The molecule has 1 unspecified atom stereocenters. The molecule has 1 atom stereocenters. The number of esters is 1. The second-order valence-electron chi connectivity index (χ2n) is 6.92. The Balaban J connectivity index is 2.35. The molecule has 0 saturated carbocycles. The van der Waals surface area contributed by atoms with Crippen LogP contribution in [0.1, 0.15) is 49.2 Å². The van der Waals surface area contributed by atoms with Crippen LogP contribution in [0.3, 0.4) is 0 Å². The molecule has 1 aliphatic heterocycles. The minimum Gasteiger partial charge on any atom is -0.468 e. The summed E-state index contributed by atoms with van der Waals surface area (Å²) in [6, 6.07) is 5.50. The van der Waals surface area contributed by atoms with Crippen LogP contribution in [-0.2, 0) is 31.1 Å². The number of ether oxygens (including phenoxy) is 1. The van der Waals surface area contributed by atoms with E-state index >= 15 is 0 Å². The van der Waals surface area contributed by atoms with E-state index in [4.69, 9.17) is 0 Å². The van der Waals surface area contributed by atoms with Crippen LogP contribution < -0.4 is 0 Å². The van der Waals surface area contributed by atoms with E-state index in [1.807, 2.05) is 32.9 Å². The van der Waals surface area contributed by atoms with Crippen molar-refractivity contribution >= 4 is 23.6 Å². The standard InChI is InChI=1S/C18H21NO5/c1-10(20)14(17(23)24-5)16(22)19-9-11-6-7-12(18(2,3)4)8-13(11)15(19)21/h6-8,14H,9H2,1-5H3. The van der Waals surface area contributed by atoms with Gasteiger partial charge < -0.3 is 4.74 Å². The fraction of sp³-hybridized carbons (Fsp3) is 0.444. The average molecular weight is 331 g/mol. The molecule has 1 heterocycles. The van der Waals surface area contributed by atoms with Crippen LogP contribution in [0.2, 0.25) is 0 Å². The van der Waals surface area contributed by atoms with Crippen molar-refractivity contribution in [3.63, 3.8) is 0 Å². The molecule has 6 nitrogen and oxygen atoms in total. The maximum Gasteiger partial charge on any atom is 0.325 e. The summed E-state index contributed by atoms with van der Waals surface area (Å²) in [5.74, 6) is -4.53. The number of hydrogen-bond donors (Lipinski definition) is 0. The van der Waals surface area contributed by atoms with Gasteiger partial charge in [-0.2, -0.15) is 0 Å². The van der Waals surface area contributed by atoms with Gasteiger partial charge in [-0.1, -0.05) is 32.9 Å². The number of benzene rings is 1. The number of carbonyl (C=O) groups is 4. The van der Waals surface area contributed by atoms with Gasteiger partial charge in [0.1, 0.15) is 0 Å². The number of hydrogen-bond acceptors (Lipinski definition) is 5. The van der Waals surface area contributed by atoms with Gasteiger partial charge in [0.25, 0.3) is 11.8 Å². The number of methoxy groups -OCH3 is 1. The van der Waals surface area contributed by atoms with Crippen LogP contribution in [0.5, 0.6) is 0 Å². The Kier molecular flexibility index (Phi) is 4.60. The summed E-state index contributed by atoms with van der Waals surface area (Å²) >= 11 is 0. The van der Waals surface area contributed by atoms with Gasteiger partial charge in [0.2, 0.25) is 0 Å². The number of carbonyl (C=O) groups excluding carboxylic acids is 4. The van der Waals surface area contributed by atoms with Crippen LogP contribution in [0.4, 0.5) is 0 Å². The van der Waals surface area contributed by atoms with Crippen molar-refractivity contribution in [2.24, 2.45) is 5.92 Å². The molecule has 0 fully saturated rings. The Labute approximate surface area is 140 Å². The molecule has 0 spiro atoms. The molecule has 24 heavy (non-hydrogen) atoms. The number of rotatable bonds is 3. The van der Waals surface area contributed by atoms with Crippen molar-refractivity contribution < 1.29 is 23.9 Å². The molecule has 0 bridgehead atoms. The van der Waals surface area contributed by atoms with Crippen LogP contribution in [0.25, 0.3) is 0 Å². The minimum absolute atomic E-state index is 0.0538. The molecule has 0 saturated heterocycles. The van der Waals surface area contributed by atoms with E-state index < -0.39 is 29.5 Å². The number of fused-ring (bicyclic) bond motifs is 1. The molecule has 2 rings (SSSR count). The first kappa shape index (κ1) is 17.8. The van der Waals surface area contributed by atoms with Crippen LogP contribution in [0, 0.1) is 5.92 Å². The van der Waals surface area contributed by atoms with Crippen molar-refractivity contribution in [3.05, 3.63) is 34.9 Å². The normalized spacial score (nSPS) is 15.0. The number of amides is 2. The van der Waals surface area contributed by atoms with Gasteiger partial charge in [-0.25, -0.2) is 0 Å². The summed E-state index contributed by atoms with van der Waals surface area (Å²) in [4.78, 5) is 49.4.